The maximum Gasteiger partial charge on any atom is 0.251 e. The fourth-order valence-corrected chi connectivity index (χ4v) is 3.34. The van der Waals surface area contributed by atoms with Gasteiger partial charge in [0, 0.05) is 21.7 Å². The van der Waals surface area contributed by atoms with Gasteiger partial charge in [-0.2, -0.15) is 5.26 Å². The largest absolute Gasteiger partial charge is 0.349 e. The number of hydrogen-bond donors (Lipinski definition) is 2. The zero-order valence-electron chi connectivity index (χ0n) is 12.4. The Kier molecular flexibility index (Phi) is 6.26. The molecule has 1 fully saturated rings. The van der Waals surface area contributed by atoms with Crippen LogP contribution >= 0.6 is 23.2 Å². The highest BCUT2D eigenvalue weighted by molar-refractivity contribution is 6.35. The fraction of sp³-hybridized carbons (Fsp3) is 0.438. The molecule has 1 aromatic carbocycles. The van der Waals surface area contributed by atoms with Gasteiger partial charge >= 0.3 is 0 Å². The van der Waals surface area contributed by atoms with Crippen LogP contribution in [0, 0.1) is 17.2 Å². The number of benzene rings is 1. The summed E-state index contributed by atoms with van der Waals surface area (Å²) in [6.45, 7) is -0.0279. The number of hydrogen-bond acceptors (Lipinski definition) is 3. The lowest BCUT2D eigenvalue weighted by Crippen LogP contribution is -2.48. The van der Waals surface area contributed by atoms with E-state index in [-0.39, 0.29) is 30.3 Å². The van der Waals surface area contributed by atoms with Crippen LogP contribution in [0.2, 0.25) is 10.0 Å². The molecule has 7 heteroatoms. The number of nitriles is 1. The summed E-state index contributed by atoms with van der Waals surface area (Å²) in [5.41, 5.74) is 0.365. The van der Waals surface area contributed by atoms with Crippen LogP contribution in [0.5, 0.6) is 0 Å². The summed E-state index contributed by atoms with van der Waals surface area (Å²) >= 11 is 11.8. The highest BCUT2D eigenvalue weighted by atomic mass is 35.5. The molecule has 122 valence electrons. The van der Waals surface area contributed by atoms with E-state index in [1.165, 1.54) is 12.1 Å². The fourth-order valence-electron chi connectivity index (χ4n) is 2.81. The Morgan fingerprint density at radius 1 is 1.17 bits per heavy atom. The van der Waals surface area contributed by atoms with Gasteiger partial charge in [0.2, 0.25) is 5.91 Å². The van der Waals surface area contributed by atoms with E-state index in [1.807, 2.05) is 6.07 Å². The van der Waals surface area contributed by atoms with Gasteiger partial charge in [0.05, 0.1) is 12.0 Å². The average molecular weight is 354 g/mol. The van der Waals surface area contributed by atoms with Crippen molar-refractivity contribution in [3.8, 4) is 6.07 Å². The molecular weight excluding hydrogens is 337 g/mol. The van der Waals surface area contributed by atoms with Gasteiger partial charge in [-0.05, 0) is 31.0 Å². The van der Waals surface area contributed by atoms with Gasteiger partial charge in [0.1, 0.15) is 6.54 Å². The summed E-state index contributed by atoms with van der Waals surface area (Å²) in [7, 11) is 0. The first-order valence-electron chi connectivity index (χ1n) is 7.43. The van der Waals surface area contributed by atoms with Crippen molar-refractivity contribution in [3.05, 3.63) is 33.8 Å². The second kappa shape index (κ2) is 8.19. The number of nitrogens with one attached hydrogen (secondary N) is 2. The van der Waals surface area contributed by atoms with Crippen LogP contribution in [-0.4, -0.2) is 24.4 Å². The Labute approximate surface area is 144 Å². The molecule has 0 saturated heterocycles. The van der Waals surface area contributed by atoms with Crippen LogP contribution in [0.25, 0.3) is 0 Å². The van der Waals surface area contributed by atoms with Gasteiger partial charge in [0.25, 0.3) is 5.91 Å². The summed E-state index contributed by atoms with van der Waals surface area (Å²) < 4.78 is 0. The maximum atomic E-state index is 12.4. The molecule has 2 N–H and O–H groups in total. The van der Waals surface area contributed by atoms with Crippen molar-refractivity contribution in [2.24, 2.45) is 5.92 Å². The Balaban J connectivity index is 2.07. The van der Waals surface area contributed by atoms with Crippen molar-refractivity contribution in [3.63, 3.8) is 0 Å². The summed E-state index contributed by atoms with van der Waals surface area (Å²) in [5, 5.41) is 14.8. The molecule has 0 heterocycles. The highest BCUT2D eigenvalue weighted by Gasteiger charge is 2.32. The van der Waals surface area contributed by atoms with Crippen molar-refractivity contribution in [2.45, 2.75) is 31.7 Å². The third-order valence-corrected chi connectivity index (χ3v) is 4.32. The third kappa shape index (κ3) is 4.85. The summed E-state index contributed by atoms with van der Waals surface area (Å²) in [4.78, 5) is 24.5. The molecule has 0 unspecified atom stereocenters. The van der Waals surface area contributed by atoms with E-state index in [0.717, 1.165) is 19.3 Å². The van der Waals surface area contributed by atoms with Crippen LogP contribution in [0.4, 0.5) is 0 Å². The Morgan fingerprint density at radius 3 is 2.48 bits per heavy atom. The van der Waals surface area contributed by atoms with Gasteiger partial charge < -0.3 is 10.6 Å². The first kappa shape index (κ1) is 17.6. The van der Waals surface area contributed by atoms with E-state index in [1.54, 1.807) is 6.07 Å². The minimum atomic E-state index is -0.323. The van der Waals surface area contributed by atoms with Crippen LogP contribution in [0.15, 0.2) is 18.2 Å². The molecule has 5 nitrogen and oxygen atoms in total. The van der Waals surface area contributed by atoms with Gasteiger partial charge in [-0.3, -0.25) is 9.59 Å². The monoisotopic (exact) mass is 353 g/mol. The lowest BCUT2D eigenvalue weighted by molar-refractivity contribution is -0.126. The number of halogens is 2. The zero-order chi connectivity index (χ0) is 16.8. The van der Waals surface area contributed by atoms with Gasteiger partial charge in [-0.15, -0.1) is 0 Å². The molecule has 1 aliphatic rings. The topological polar surface area (TPSA) is 82.0 Å². The maximum absolute atomic E-state index is 12.4. The molecule has 1 saturated carbocycles. The van der Waals surface area contributed by atoms with Crippen molar-refractivity contribution >= 4 is 35.0 Å². The molecular formula is C16H17Cl2N3O2. The minimum absolute atomic E-state index is 0.0279. The van der Waals surface area contributed by atoms with E-state index in [2.05, 4.69) is 10.6 Å². The number of carbonyl (C=O) groups is 2. The summed E-state index contributed by atoms with van der Waals surface area (Å²) in [5.74, 6) is -0.823. The smallest absolute Gasteiger partial charge is 0.251 e. The SMILES string of the molecule is N#CCNC(=O)[C@H]1CCCC[C@H]1NC(=O)c1cc(Cl)cc(Cl)c1. The quantitative estimate of drug-likeness (QED) is 0.816. The second-order valence-corrected chi connectivity index (χ2v) is 6.38. The lowest BCUT2D eigenvalue weighted by atomic mass is 9.83. The lowest BCUT2D eigenvalue weighted by Gasteiger charge is -2.31. The van der Waals surface area contributed by atoms with E-state index in [9.17, 15) is 9.59 Å². The molecule has 1 aliphatic carbocycles. The predicted molar refractivity (Wildman–Crippen MR) is 88.3 cm³/mol. The van der Waals surface area contributed by atoms with Crippen molar-refractivity contribution in [1.29, 1.82) is 5.26 Å². The van der Waals surface area contributed by atoms with E-state index < -0.39 is 0 Å². The van der Waals surface area contributed by atoms with Crippen molar-refractivity contribution < 1.29 is 9.59 Å². The molecule has 0 radical (unpaired) electrons. The number of carbonyl (C=O) groups excluding carboxylic acids is 2. The van der Waals surface area contributed by atoms with Gasteiger partial charge in [-0.25, -0.2) is 0 Å². The molecule has 0 aromatic heterocycles. The predicted octanol–water partition coefficient (Wildman–Crippen LogP) is 2.92. The Morgan fingerprint density at radius 2 is 1.83 bits per heavy atom. The molecule has 0 spiro atoms. The standard InChI is InChI=1S/C16H17Cl2N3O2/c17-11-7-10(8-12(18)9-11)15(22)21-14-4-2-1-3-13(14)16(23)20-6-5-19/h7-9,13-14H,1-4,6H2,(H,20,23)(H,21,22)/t13-,14+/m0/s1. The van der Waals surface area contributed by atoms with Crippen molar-refractivity contribution in [2.75, 3.05) is 6.54 Å². The van der Waals surface area contributed by atoms with E-state index >= 15 is 0 Å². The number of nitrogens with zero attached hydrogens (tertiary/aromatic N) is 1. The van der Waals surface area contributed by atoms with Crippen molar-refractivity contribution in [1.82, 2.24) is 10.6 Å². The average Bonchev–Trinajstić information content (AvgIpc) is 2.52. The normalized spacial score (nSPS) is 20.4. The molecule has 2 atom stereocenters. The molecule has 2 rings (SSSR count). The first-order chi connectivity index (χ1) is 11.0. The Bertz CT molecular complexity index is 622. The summed E-state index contributed by atoms with van der Waals surface area (Å²) in [6.07, 6.45) is 3.30. The van der Waals surface area contributed by atoms with E-state index in [4.69, 9.17) is 28.5 Å². The molecule has 0 aliphatic heterocycles. The molecule has 23 heavy (non-hydrogen) atoms. The second-order valence-electron chi connectivity index (χ2n) is 5.50. The Hall–Kier alpha value is -1.77. The summed E-state index contributed by atoms with van der Waals surface area (Å²) in [6, 6.07) is 6.26. The van der Waals surface area contributed by atoms with E-state index in [0.29, 0.717) is 22.0 Å². The molecule has 2 amide bonds. The first-order valence-corrected chi connectivity index (χ1v) is 8.18. The number of rotatable bonds is 4. The van der Waals surface area contributed by atoms with Gasteiger partial charge in [-0.1, -0.05) is 36.0 Å². The van der Waals surface area contributed by atoms with Crippen LogP contribution < -0.4 is 10.6 Å². The number of amides is 2. The zero-order valence-corrected chi connectivity index (χ0v) is 14.0. The molecule has 0 bridgehead atoms. The highest BCUT2D eigenvalue weighted by Crippen LogP contribution is 2.25. The van der Waals surface area contributed by atoms with Crippen LogP contribution in [-0.2, 0) is 4.79 Å². The molecule has 1 aromatic rings. The van der Waals surface area contributed by atoms with Crippen LogP contribution in [0.3, 0.4) is 0 Å². The van der Waals surface area contributed by atoms with Gasteiger partial charge in [0.15, 0.2) is 0 Å². The third-order valence-electron chi connectivity index (χ3n) is 3.89. The van der Waals surface area contributed by atoms with Crippen LogP contribution in [0.1, 0.15) is 36.0 Å². The minimum Gasteiger partial charge on any atom is -0.349 e.